The van der Waals surface area contributed by atoms with Crippen LogP contribution in [0.5, 0.6) is 0 Å². The fourth-order valence-electron chi connectivity index (χ4n) is 2.18. The van der Waals surface area contributed by atoms with Crippen LogP contribution in [0.3, 0.4) is 0 Å². The summed E-state index contributed by atoms with van der Waals surface area (Å²) in [5.74, 6) is -0.368. The highest BCUT2D eigenvalue weighted by molar-refractivity contribution is 9.10. The van der Waals surface area contributed by atoms with E-state index in [1.165, 1.54) is 18.2 Å². The van der Waals surface area contributed by atoms with Gasteiger partial charge in [-0.3, -0.25) is 4.79 Å². The molecular formula is C13H17BrN2O4S. The number of benzene rings is 1. The third kappa shape index (κ3) is 3.45. The van der Waals surface area contributed by atoms with Crippen LogP contribution in [0.1, 0.15) is 30.6 Å². The zero-order valence-electron chi connectivity index (χ0n) is 11.7. The fraction of sp³-hybridized carbons (Fsp3) is 0.462. The van der Waals surface area contributed by atoms with E-state index in [1.54, 1.807) is 0 Å². The standard InChI is InChI=1S/C13H17BrN2O4S/c1-8-13(2,5-6-20-8)16-12(17)10-7-9(21(15,18)19)3-4-11(10)14/h3-4,7-8H,5-6H2,1-2H3,(H,16,17)(H2,15,18,19). The van der Waals surface area contributed by atoms with Gasteiger partial charge in [0.05, 0.1) is 22.1 Å². The van der Waals surface area contributed by atoms with E-state index in [9.17, 15) is 13.2 Å². The van der Waals surface area contributed by atoms with Crippen molar-refractivity contribution in [2.45, 2.75) is 36.8 Å². The Morgan fingerprint density at radius 1 is 1.52 bits per heavy atom. The molecule has 1 fully saturated rings. The minimum atomic E-state index is -3.85. The molecule has 1 amide bonds. The van der Waals surface area contributed by atoms with Gasteiger partial charge in [0.25, 0.3) is 5.91 Å². The lowest BCUT2D eigenvalue weighted by atomic mass is 9.94. The number of hydrogen-bond acceptors (Lipinski definition) is 4. The molecule has 2 unspecified atom stereocenters. The molecule has 0 radical (unpaired) electrons. The van der Waals surface area contributed by atoms with Crippen LogP contribution in [0.2, 0.25) is 0 Å². The molecule has 1 saturated heterocycles. The van der Waals surface area contributed by atoms with Crippen LogP contribution in [0, 0.1) is 0 Å². The summed E-state index contributed by atoms with van der Waals surface area (Å²) in [6, 6.07) is 4.10. The average molecular weight is 377 g/mol. The first kappa shape index (κ1) is 16.4. The van der Waals surface area contributed by atoms with Crippen LogP contribution in [0.25, 0.3) is 0 Å². The maximum absolute atomic E-state index is 12.4. The number of carbonyl (C=O) groups is 1. The number of sulfonamides is 1. The molecule has 3 N–H and O–H groups in total. The summed E-state index contributed by atoms with van der Waals surface area (Å²) in [6.07, 6.45) is 0.591. The zero-order chi connectivity index (χ0) is 15.8. The van der Waals surface area contributed by atoms with Gasteiger partial charge < -0.3 is 10.1 Å². The normalized spacial score (nSPS) is 25.8. The van der Waals surface area contributed by atoms with Gasteiger partial charge in [-0.05, 0) is 54.4 Å². The molecule has 1 aromatic rings. The van der Waals surface area contributed by atoms with E-state index in [1.807, 2.05) is 13.8 Å². The van der Waals surface area contributed by atoms with Crippen molar-refractivity contribution in [1.82, 2.24) is 5.32 Å². The number of ether oxygens (including phenoxy) is 1. The highest BCUT2D eigenvalue weighted by Gasteiger charge is 2.38. The van der Waals surface area contributed by atoms with Crippen LogP contribution in [-0.4, -0.2) is 32.6 Å². The first-order chi connectivity index (χ1) is 9.63. The highest BCUT2D eigenvalue weighted by Crippen LogP contribution is 2.27. The van der Waals surface area contributed by atoms with Crippen molar-refractivity contribution in [3.8, 4) is 0 Å². The van der Waals surface area contributed by atoms with Gasteiger partial charge in [-0.2, -0.15) is 0 Å². The largest absolute Gasteiger partial charge is 0.376 e. The van der Waals surface area contributed by atoms with Crippen LogP contribution in [0.4, 0.5) is 0 Å². The summed E-state index contributed by atoms with van der Waals surface area (Å²) in [5, 5.41) is 8.00. The van der Waals surface area contributed by atoms with Crippen molar-refractivity contribution in [2.24, 2.45) is 5.14 Å². The van der Waals surface area contributed by atoms with E-state index in [4.69, 9.17) is 9.88 Å². The summed E-state index contributed by atoms with van der Waals surface area (Å²) in [6.45, 7) is 4.37. The number of halogens is 1. The Morgan fingerprint density at radius 2 is 2.19 bits per heavy atom. The maximum Gasteiger partial charge on any atom is 0.252 e. The molecule has 2 rings (SSSR count). The molecule has 116 valence electrons. The number of nitrogens with one attached hydrogen (secondary N) is 1. The van der Waals surface area contributed by atoms with Crippen molar-refractivity contribution in [2.75, 3.05) is 6.61 Å². The third-order valence-corrected chi connectivity index (χ3v) is 5.40. The van der Waals surface area contributed by atoms with E-state index in [0.29, 0.717) is 17.5 Å². The van der Waals surface area contributed by atoms with Gasteiger partial charge in [0.15, 0.2) is 0 Å². The van der Waals surface area contributed by atoms with Crippen molar-refractivity contribution in [3.05, 3.63) is 28.2 Å². The minimum absolute atomic E-state index is 0.100. The SMILES string of the molecule is CC1OCCC1(C)NC(=O)c1cc(S(N)(=O)=O)ccc1Br. The molecule has 1 aliphatic heterocycles. The molecule has 2 atom stereocenters. The van der Waals surface area contributed by atoms with Crippen LogP contribution >= 0.6 is 15.9 Å². The second-order valence-corrected chi connectivity index (χ2v) is 7.74. The summed E-state index contributed by atoms with van der Waals surface area (Å²) < 4.78 is 28.8. The van der Waals surface area contributed by atoms with Gasteiger partial charge >= 0.3 is 0 Å². The molecule has 1 aromatic carbocycles. The second kappa shape index (κ2) is 5.68. The summed E-state index contributed by atoms with van der Waals surface area (Å²) >= 11 is 3.25. The van der Waals surface area contributed by atoms with E-state index in [2.05, 4.69) is 21.2 Å². The molecule has 1 aliphatic rings. The topological polar surface area (TPSA) is 98.5 Å². The lowest BCUT2D eigenvalue weighted by molar-refractivity contribution is 0.0727. The van der Waals surface area contributed by atoms with Gasteiger partial charge in [0.2, 0.25) is 10.0 Å². The van der Waals surface area contributed by atoms with Gasteiger partial charge in [0, 0.05) is 11.1 Å². The van der Waals surface area contributed by atoms with Crippen LogP contribution in [0.15, 0.2) is 27.6 Å². The van der Waals surface area contributed by atoms with E-state index in [-0.39, 0.29) is 22.5 Å². The number of hydrogen-bond donors (Lipinski definition) is 2. The lowest BCUT2D eigenvalue weighted by Gasteiger charge is -2.29. The molecule has 8 heteroatoms. The van der Waals surface area contributed by atoms with E-state index in [0.717, 1.165) is 0 Å². The number of nitrogens with two attached hydrogens (primary N) is 1. The predicted molar refractivity (Wildman–Crippen MR) is 81.4 cm³/mol. The Morgan fingerprint density at radius 3 is 2.71 bits per heavy atom. The Hall–Kier alpha value is -0.960. The van der Waals surface area contributed by atoms with Crippen molar-refractivity contribution < 1.29 is 17.9 Å². The van der Waals surface area contributed by atoms with Crippen molar-refractivity contribution in [1.29, 1.82) is 0 Å². The Bertz CT molecular complexity index is 677. The van der Waals surface area contributed by atoms with Crippen LogP contribution < -0.4 is 10.5 Å². The predicted octanol–water partition coefficient (Wildman–Crippen LogP) is 1.39. The minimum Gasteiger partial charge on any atom is -0.376 e. The maximum atomic E-state index is 12.4. The molecule has 0 saturated carbocycles. The molecule has 0 spiro atoms. The zero-order valence-corrected chi connectivity index (χ0v) is 14.1. The smallest absolute Gasteiger partial charge is 0.252 e. The number of primary sulfonamides is 1. The quantitative estimate of drug-likeness (QED) is 0.832. The summed E-state index contributed by atoms with van der Waals surface area (Å²) in [7, 11) is -3.85. The molecule has 0 aliphatic carbocycles. The average Bonchev–Trinajstić information content (AvgIpc) is 2.68. The Balaban J connectivity index is 2.31. The Kier molecular flexibility index (Phi) is 4.44. The summed E-state index contributed by atoms with van der Waals surface area (Å²) in [4.78, 5) is 12.3. The fourth-order valence-corrected chi connectivity index (χ4v) is 3.15. The van der Waals surface area contributed by atoms with E-state index >= 15 is 0 Å². The number of carbonyl (C=O) groups excluding carboxylic acids is 1. The first-order valence-corrected chi connectivity index (χ1v) is 8.74. The second-order valence-electron chi connectivity index (χ2n) is 5.32. The molecule has 1 heterocycles. The van der Waals surface area contributed by atoms with Crippen molar-refractivity contribution >= 4 is 31.9 Å². The molecular weight excluding hydrogens is 360 g/mol. The Labute approximate surface area is 132 Å². The first-order valence-electron chi connectivity index (χ1n) is 6.40. The van der Waals surface area contributed by atoms with Gasteiger partial charge in [-0.25, -0.2) is 13.6 Å². The molecule has 21 heavy (non-hydrogen) atoms. The third-order valence-electron chi connectivity index (χ3n) is 3.80. The van der Waals surface area contributed by atoms with Crippen molar-refractivity contribution in [3.63, 3.8) is 0 Å². The summed E-state index contributed by atoms with van der Waals surface area (Å²) in [5.41, 5.74) is -0.254. The number of rotatable bonds is 3. The molecule has 6 nitrogen and oxygen atoms in total. The molecule has 0 bridgehead atoms. The van der Waals surface area contributed by atoms with Crippen LogP contribution in [-0.2, 0) is 14.8 Å². The lowest BCUT2D eigenvalue weighted by Crippen LogP contribution is -2.50. The van der Waals surface area contributed by atoms with E-state index < -0.39 is 15.6 Å². The monoisotopic (exact) mass is 376 g/mol. The molecule has 0 aromatic heterocycles. The van der Waals surface area contributed by atoms with Gasteiger partial charge in [-0.1, -0.05) is 0 Å². The van der Waals surface area contributed by atoms with Gasteiger partial charge in [0.1, 0.15) is 0 Å². The van der Waals surface area contributed by atoms with Gasteiger partial charge in [-0.15, -0.1) is 0 Å². The highest BCUT2D eigenvalue weighted by atomic mass is 79.9. The number of amides is 1.